The Kier molecular flexibility index (Phi) is 6.20. The molecular weight excluding hydrogens is 360 g/mol. The molecule has 25 heavy (non-hydrogen) atoms. The largest absolute Gasteiger partial charge is 0.354 e. The third-order valence-electron chi connectivity index (χ3n) is 4.08. The summed E-state index contributed by atoms with van der Waals surface area (Å²) in [5, 5.41) is 7.87. The minimum absolute atomic E-state index is 0.0234. The Bertz CT molecular complexity index is 785. The van der Waals surface area contributed by atoms with E-state index in [2.05, 4.69) is 10.4 Å². The quantitative estimate of drug-likeness (QED) is 0.617. The Hall–Kier alpha value is -1.73. The SMILES string of the molecule is O=C(Cn1nc2n(c1=O)CCCCC2)NCCSc1ccc(Cl)cc1. The van der Waals surface area contributed by atoms with E-state index in [0.717, 1.165) is 42.2 Å². The van der Waals surface area contributed by atoms with E-state index >= 15 is 0 Å². The molecule has 0 spiro atoms. The van der Waals surface area contributed by atoms with Crippen LogP contribution in [0.5, 0.6) is 0 Å². The molecule has 134 valence electrons. The van der Waals surface area contributed by atoms with Gasteiger partial charge >= 0.3 is 5.69 Å². The molecule has 0 bridgehead atoms. The summed E-state index contributed by atoms with van der Waals surface area (Å²) >= 11 is 7.49. The average Bonchev–Trinajstić information content (AvgIpc) is 2.77. The zero-order chi connectivity index (χ0) is 17.6. The number of benzene rings is 1. The first-order valence-corrected chi connectivity index (χ1v) is 9.81. The monoisotopic (exact) mass is 380 g/mol. The molecule has 0 atom stereocenters. The number of carbonyl (C=O) groups is 1. The highest BCUT2D eigenvalue weighted by Gasteiger charge is 2.16. The maximum absolute atomic E-state index is 12.3. The zero-order valence-electron chi connectivity index (χ0n) is 13.9. The van der Waals surface area contributed by atoms with Crippen molar-refractivity contribution in [1.29, 1.82) is 0 Å². The molecule has 0 fully saturated rings. The minimum atomic E-state index is -0.188. The van der Waals surface area contributed by atoms with Crippen molar-refractivity contribution < 1.29 is 4.79 Å². The van der Waals surface area contributed by atoms with Crippen molar-refractivity contribution in [3.63, 3.8) is 0 Å². The molecule has 8 heteroatoms. The van der Waals surface area contributed by atoms with Crippen molar-refractivity contribution in [2.24, 2.45) is 0 Å². The highest BCUT2D eigenvalue weighted by molar-refractivity contribution is 7.99. The Morgan fingerprint density at radius 1 is 1.24 bits per heavy atom. The number of rotatable bonds is 6. The van der Waals surface area contributed by atoms with Crippen LogP contribution in [0.15, 0.2) is 34.0 Å². The van der Waals surface area contributed by atoms with Gasteiger partial charge < -0.3 is 5.32 Å². The average molecular weight is 381 g/mol. The van der Waals surface area contributed by atoms with E-state index in [9.17, 15) is 9.59 Å². The molecule has 0 unspecified atom stereocenters. The van der Waals surface area contributed by atoms with Crippen LogP contribution < -0.4 is 11.0 Å². The number of halogens is 1. The molecule has 0 aliphatic carbocycles. The summed E-state index contributed by atoms with van der Waals surface area (Å²) in [5.74, 6) is 1.36. The fourth-order valence-electron chi connectivity index (χ4n) is 2.81. The number of aromatic nitrogens is 3. The lowest BCUT2D eigenvalue weighted by molar-refractivity contribution is -0.121. The normalized spacial score (nSPS) is 14.0. The summed E-state index contributed by atoms with van der Waals surface area (Å²) in [6.07, 6.45) is 3.97. The number of hydrogen-bond acceptors (Lipinski definition) is 4. The standard InChI is InChI=1S/C17H21ClN4O2S/c18-13-5-7-14(8-6-13)25-11-9-19-16(23)12-22-17(24)21-10-3-1-2-4-15(21)20-22/h5-8H,1-4,9-12H2,(H,19,23). The lowest BCUT2D eigenvalue weighted by Crippen LogP contribution is -2.34. The van der Waals surface area contributed by atoms with Gasteiger partial charge in [-0.15, -0.1) is 11.8 Å². The van der Waals surface area contributed by atoms with E-state index in [0.29, 0.717) is 18.1 Å². The molecule has 1 aliphatic heterocycles. The zero-order valence-corrected chi connectivity index (χ0v) is 15.5. The predicted octanol–water partition coefficient (Wildman–Crippen LogP) is 2.33. The van der Waals surface area contributed by atoms with Gasteiger partial charge in [0.05, 0.1) is 0 Å². The summed E-state index contributed by atoms with van der Waals surface area (Å²) in [6.45, 7) is 1.21. The fraction of sp³-hybridized carbons (Fsp3) is 0.471. The van der Waals surface area contributed by atoms with Crippen molar-refractivity contribution in [1.82, 2.24) is 19.7 Å². The van der Waals surface area contributed by atoms with Gasteiger partial charge in [0.15, 0.2) is 0 Å². The van der Waals surface area contributed by atoms with Gasteiger partial charge in [-0.1, -0.05) is 18.0 Å². The van der Waals surface area contributed by atoms with Crippen molar-refractivity contribution in [3.8, 4) is 0 Å². The van der Waals surface area contributed by atoms with Gasteiger partial charge in [0.25, 0.3) is 0 Å². The molecular formula is C17H21ClN4O2S. The molecule has 1 amide bonds. The van der Waals surface area contributed by atoms with E-state index < -0.39 is 0 Å². The topological polar surface area (TPSA) is 68.9 Å². The molecule has 6 nitrogen and oxygen atoms in total. The highest BCUT2D eigenvalue weighted by Crippen LogP contribution is 2.19. The van der Waals surface area contributed by atoms with Crippen LogP contribution in [-0.2, 0) is 24.3 Å². The van der Waals surface area contributed by atoms with Crippen molar-refractivity contribution in [2.45, 2.75) is 43.7 Å². The lowest BCUT2D eigenvalue weighted by Gasteiger charge is -2.05. The Balaban J connectivity index is 1.46. The van der Waals surface area contributed by atoms with Crippen LogP contribution in [0.3, 0.4) is 0 Å². The van der Waals surface area contributed by atoms with E-state index in [-0.39, 0.29) is 18.1 Å². The van der Waals surface area contributed by atoms with Gasteiger partial charge in [0.2, 0.25) is 5.91 Å². The third-order valence-corrected chi connectivity index (χ3v) is 5.35. The molecule has 1 aromatic heterocycles. The number of thioether (sulfide) groups is 1. The van der Waals surface area contributed by atoms with Gasteiger partial charge in [-0.2, -0.15) is 5.10 Å². The van der Waals surface area contributed by atoms with E-state index in [4.69, 9.17) is 11.6 Å². The van der Waals surface area contributed by atoms with Crippen LogP contribution in [0.25, 0.3) is 0 Å². The lowest BCUT2D eigenvalue weighted by atomic mass is 10.2. The number of nitrogens with one attached hydrogen (secondary N) is 1. The Labute approximate surface area is 155 Å². The first-order chi connectivity index (χ1) is 12.1. The maximum atomic E-state index is 12.3. The number of amides is 1. The molecule has 1 aromatic carbocycles. The molecule has 3 rings (SSSR count). The fourth-order valence-corrected chi connectivity index (χ4v) is 3.70. The van der Waals surface area contributed by atoms with Crippen LogP contribution in [0.1, 0.15) is 25.1 Å². The number of aryl methyl sites for hydroxylation is 1. The molecule has 2 aromatic rings. The molecule has 0 radical (unpaired) electrons. The maximum Gasteiger partial charge on any atom is 0.346 e. The van der Waals surface area contributed by atoms with Crippen LogP contribution in [0.2, 0.25) is 5.02 Å². The second-order valence-corrected chi connectivity index (χ2v) is 7.58. The van der Waals surface area contributed by atoms with Crippen LogP contribution in [0.4, 0.5) is 0 Å². The van der Waals surface area contributed by atoms with Crippen LogP contribution >= 0.6 is 23.4 Å². The van der Waals surface area contributed by atoms with Crippen molar-refractivity contribution >= 4 is 29.3 Å². The summed E-state index contributed by atoms with van der Waals surface area (Å²) < 4.78 is 2.99. The molecule has 1 N–H and O–H groups in total. The second kappa shape index (κ2) is 8.58. The number of carbonyl (C=O) groups excluding carboxylic acids is 1. The summed E-state index contributed by atoms with van der Waals surface area (Å²) in [4.78, 5) is 25.5. The van der Waals surface area contributed by atoms with Gasteiger partial charge in [-0.3, -0.25) is 9.36 Å². The minimum Gasteiger partial charge on any atom is -0.354 e. The third kappa shape index (κ3) is 4.89. The molecule has 0 saturated carbocycles. The van der Waals surface area contributed by atoms with Gasteiger partial charge in [-0.25, -0.2) is 9.48 Å². The first-order valence-electron chi connectivity index (χ1n) is 8.45. The second-order valence-electron chi connectivity index (χ2n) is 5.97. The van der Waals surface area contributed by atoms with Crippen molar-refractivity contribution in [2.75, 3.05) is 12.3 Å². The molecule has 1 aliphatic rings. The van der Waals surface area contributed by atoms with Gasteiger partial charge in [0, 0.05) is 35.2 Å². The summed E-state index contributed by atoms with van der Waals surface area (Å²) in [7, 11) is 0. The number of fused-ring (bicyclic) bond motifs is 1. The highest BCUT2D eigenvalue weighted by atomic mass is 35.5. The summed E-state index contributed by atoms with van der Waals surface area (Å²) in [5.41, 5.74) is -0.178. The Morgan fingerprint density at radius 3 is 2.84 bits per heavy atom. The summed E-state index contributed by atoms with van der Waals surface area (Å²) in [6, 6.07) is 7.59. The van der Waals surface area contributed by atoms with Crippen molar-refractivity contribution in [3.05, 3.63) is 45.6 Å². The van der Waals surface area contributed by atoms with Crippen LogP contribution in [-0.4, -0.2) is 32.6 Å². The number of nitrogens with zero attached hydrogens (tertiary/aromatic N) is 3. The Morgan fingerprint density at radius 2 is 2.04 bits per heavy atom. The smallest absolute Gasteiger partial charge is 0.346 e. The van der Waals surface area contributed by atoms with Gasteiger partial charge in [0.1, 0.15) is 12.4 Å². The van der Waals surface area contributed by atoms with E-state index in [1.165, 1.54) is 4.68 Å². The van der Waals surface area contributed by atoms with E-state index in [1.807, 2.05) is 24.3 Å². The number of hydrogen-bond donors (Lipinski definition) is 1. The van der Waals surface area contributed by atoms with Crippen LogP contribution in [0, 0.1) is 0 Å². The first kappa shape index (κ1) is 18.1. The van der Waals surface area contributed by atoms with E-state index in [1.54, 1.807) is 16.3 Å². The molecule has 2 heterocycles. The van der Waals surface area contributed by atoms with Gasteiger partial charge in [-0.05, 0) is 37.1 Å². The molecule has 0 saturated heterocycles. The predicted molar refractivity (Wildman–Crippen MR) is 99.2 cm³/mol.